The normalized spacial score (nSPS) is 11.5. The number of nitrogens with one attached hydrogen (secondary N) is 1. The number of rotatable bonds is 8. The Balaban J connectivity index is 3.48. The van der Waals surface area contributed by atoms with E-state index in [1.807, 2.05) is 0 Å². The van der Waals surface area contributed by atoms with E-state index < -0.39 is 47.3 Å². The molecule has 10 heteroatoms. The van der Waals surface area contributed by atoms with Crippen LogP contribution in [-0.4, -0.2) is 43.7 Å². The Labute approximate surface area is 160 Å². The third kappa shape index (κ3) is 5.37. The van der Waals surface area contributed by atoms with Crippen LogP contribution in [0.2, 0.25) is 0 Å². The van der Waals surface area contributed by atoms with Gasteiger partial charge < -0.3 is 19.5 Å². The predicted octanol–water partition coefficient (Wildman–Crippen LogP) is 2.26. The van der Waals surface area contributed by atoms with Gasteiger partial charge in [0.2, 0.25) is 11.4 Å². The molecule has 156 valence electrons. The zero-order valence-electron chi connectivity index (χ0n) is 15.9. The van der Waals surface area contributed by atoms with Gasteiger partial charge >= 0.3 is 18.1 Å². The van der Waals surface area contributed by atoms with E-state index in [1.54, 1.807) is 0 Å². The number of ether oxygens (including phenoxy) is 3. The molecule has 1 N–H and O–H groups in total. The molecule has 0 heterocycles. The molecule has 1 aromatic carbocycles. The summed E-state index contributed by atoms with van der Waals surface area (Å²) in [6, 6.07) is 2.89. The third-order valence-electron chi connectivity index (χ3n) is 3.68. The zero-order chi connectivity index (χ0) is 21.5. The van der Waals surface area contributed by atoms with Crippen LogP contribution >= 0.6 is 0 Å². The van der Waals surface area contributed by atoms with Crippen LogP contribution in [0.3, 0.4) is 0 Å². The van der Waals surface area contributed by atoms with Crippen molar-refractivity contribution in [3.63, 3.8) is 0 Å². The number of hydrogen-bond donors (Lipinski definition) is 1. The number of carbonyl (C=O) groups is 3. The van der Waals surface area contributed by atoms with Gasteiger partial charge in [0.25, 0.3) is 0 Å². The van der Waals surface area contributed by atoms with E-state index >= 15 is 0 Å². The van der Waals surface area contributed by atoms with Crippen LogP contribution in [0.15, 0.2) is 18.2 Å². The lowest BCUT2D eigenvalue weighted by Gasteiger charge is -2.30. The second kappa shape index (κ2) is 9.43. The fraction of sp³-hybridized carbons (Fsp3) is 0.500. The van der Waals surface area contributed by atoms with Crippen LogP contribution < -0.4 is 10.1 Å². The summed E-state index contributed by atoms with van der Waals surface area (Å²) in [5.74, 6) is -3.38. The molecule has 0 aliphatic rings. The van der Waals surface area contributed by atoms with E-state index in [0.29, 0.717) is 0 Å². The van der Waals surface area contributed by atoms with Gasteiger partial charge in [0.1, 0.15) is 5.75 Å². The van der Waals surface area contributed by atoms with E-state index in [4.69, 9.17) is 14.2 Å². The number of hydrogen-bond acceptors (Lipinski definition) is 6. The van der Waals surface area contributed by atoms with E-state index in [2.05, 4.69) is 5.32 Å². The summed E-state index contributed by atoms with van der Waals surface area (Å²) in [5.41, 5.74) is -3.14. The standard InChI is InChI=1S/C18H22F3NO6/c1-5-27-15(24)17(22-11(3)23,16(25)28-6-2)10-12-7-8-13(18(19,20)21)14(9-12)26-4/h7-9H,5-6,10H2,1-4H3,(H,22,23). The van der Waals surface area contributed by atoms with Gasteiger partial charge in [-0.2, -0.15) is 13.2 Å². The topological polar surface area (TPSA) is 90.9 Å². The lowest BCUT2D eigenvalue weighted by atomic mass is 9.89. The van der Waals surface area contributed by atoms with Crippen LogP contribution in [0.1, 0.15) is 31.9 Å². The van der Waals surface area contributed by atoms with Crippen molar-refractivity contribution in [2.24, 2.45) is 0 Å². The molecule has 28 heavy (non-hydrogen) atoms. The molecule has 0 fully saturated rings. The largest absolute Gasteiger partial charge is 0.496 e. The van der Waals surface area contributed by atoms with E-state index in [9.17, 15) is 27.6 Å². The minimum absolute atomic E-state index is 0.0874. The first kappa shape index (κ1) is 23.3. The summed E-state index contributed by atoms with van der Waals surface area (Å²) in [5, 5.41) is 2.24. The molecule has 0 saturated heterocycles. The van der Waals surface area contributed by atoms with Crippen molar-refractivity contribution < 1.29 is 41.8 Å². The number of methoxy groups -OCH3 is 1. The second-order valence-electron chi connectivity index (χ2n) is 5.74. The molecule has 0 bridgehead atoms. The molecule has 1 aromatic rings. The van der Waals surface area contributed by atoms with Crippen molar-refractivity contribution in [2.45, 2.75) is 38.9 Å². The second-order valence-corrected chi connectivity index (χ2v) is 5.74. The van der Waals surface area contributed by atoms with Crippen molar-refractivity contribution in [1.29, 1.82) is 0 Å². The number of carbonyl (C=O) groups excluding carboxylic acids is 3. The van der Waals surface area contributed by atoms with Gasteiger partial charge in [0.05, 0.1) is 25.9 Å². The van der Waals surface area contributed by atoms with Gasteiger partial charge in [0.15, 0.2) is 0 Å². The molecule has 1 rings (SSSR count). The fourth-order valence-electron chi connectivity index (χ4n) is 2.57. The summed E-state index contributed by atoms with van der Waals surface area (Å²) < 4.78 is 53.8. The highest BCUT2D eigenvalue weighted by Crippen LogP contribution is 2.37. The predicted molar refractivity (Wildman–Crippen MR) is 91.5 cm³/mol. The van der Waals surface area contributed by atoms with Gasteiger partial charge in [-0.25, -0.2) is 9.59 Å². The summed E-state index contributed by atoms with van der Waals surface area (Å²) in [6.07, 6.45) is -5.14. The van der Waals surface area contributed by atoms with Crippen LogP contribution in [0.4, 0.5) is 13.2 Å². The van der Waals surface area contributed by atoms with Gasteiger partial charge in [-0.05, 0) is 31.5 Å². The van der Waals surface area contributed by atoms with Gasteiger partial charge in [-0.15, -0.1) is 0 Å². The molecule has 0 aliphatic carbocycles. The summed E-state index contributed by atoms with van der Waals surface area (Å²) in [7, 11) is 1.06. The molecular formula is C18H22F3NO6. The summed E-state index contributed by atoms with van der Waals surface area (Å²) in [6.45, 7) is 3.91. The highest BCUT2D eigenvalue weighted by Gasteiger charge is 2.50. The average Bonchev–Trinajstić information content (AvgIpc) is 2.59. The van der Waals surface area contributed by atoms with Crippen LogP contribution in [0, 0.1) is 0 Å². The first-order valence-corrected chi connectivity index (χ1v) is 8.39. The smallest absolute Gasteiger partial charge is 0.419 e. The van der Waals surface area contributed by atoms with Gasteiger partial charge in [-0.1, -0.05) is 6.07 Å². The maximum atomic E-state index is 13.0. The van der Waals surface area contributed by atoms with Crippen LogP contribution in [0.25, 0.3) is 0 Å². The van der Waals surface area contributed by atoms with Crippen molar-refractivity contribution >= 4 is 17.8 Å². The summed E-state index contributed by atoms with van der Waals surface area (Å²) >= 11 is 0. The third-order valence-corrected chi connectivity index (χ3v) is 3.68. The van der Waals surface area contributed by atoms with Gasteiger partial charge in [-0.3, -0.25) is 4.79 Å². The minimum atomic E-state index is -4.65. The molecular weight excluding hydrogens is 383 g/mol. The number of halogens is 3. The Bertz CT molecular complexity index is 715. The highest BCUT2D eigenvalue weighted by molar-refractivity contribution is 6.08. The molecule has 0 saturated carbocycles. The molecule has 0 aliphatic heterocycles. The minimum Gasteiger partial charge on any atom is -0.496 e. The van der Waals surface area contributed by atoms with E-state index in [0.717, 1.165) is 32.2 Å². The van der Waals surface area contributed by atoms with Crippen molar-refractivity contribution in [1.82, 2.24) is 5.32 Å². The lowest BCUT2D eigenvalue weighted by Crippen LogP contribution is -2.62. The maximum Gasteiger partial charge on any atom is 0.419 e. The highest BCUT2D eigenvalue weighted by atomic mass is 19.4. The quantitative estimate of drug-likeness (QED) is 0.527. The molecule has 1 amide bonds. The Hall–Kier alpha value is -2.78. The van der Waals surface area contributed by atoms with E-state index in [1.165, 1.54) is 13.8 Å². The van der Waals surface area contributed by atoms with Crippen LogP contribution in [0.5, 0.6) is 5.75 Å². The maximum absolute atomic E-state index is 13.0. The Morgan fingerprint density at radius 2 is 1.57 bits per heavy atom. The van der Waals surface area contributed by atoms with Crippen LogP contribution in [-0.2, 0) is 36.5 Å². The number of amides is 1. The lowest BCUT2D eigenvalue weighted by molar-refractivity contribution is -0.168. The molecule has 0 atom stereocenters. The monoisotopic (exact) mass is 405 g/mol. The van der Waals surface area contributed by atoms with Gasteiger partial charge in [0, 0.05) is 13.3 Å². The number of benzene rings is 1. The first-order valence-electron chi connectivity index (χ1n) is 8.39. The SMILES string of the molecule is CCOC(=O)C(Cc1ccc(C(F)(F)F)c(OC)c1)(NC(C)=O)C(=O)OCC. The Morgan fingerprint density at radius 1 is 1.04 bits per heavy atom. The molecule has 0 unspecified atom stereocenters. The summed E-state index contributed by atoms with van der Waals surface area (Å²) in [4.78, 5) is 36.8. The molecule has 7 nitrogen and oxygen atoms in total. The van der Waals surface area contributed by atoms with Crippen molar-refractivity contribution in [2.75, 3.05) is 20.3 Å². The fourth-order valence-corrected chi connectivity index (χ4v) is 2.57. The molecule has 0 radical (unpaired) electrons. The number of alkyl halides is 3. The Morgan fingerprint density at radius 3 is 1.96 bits per heavy atom. The number of esters is 2. The van der Waals surface area contributed by atoms with Crippen molar-refractivity contribution in [3.05, 3.63) is 29.3 Å². The van der Waals surface area contributed by atoms with E-state index in [-0.39, 0.29) is 18.8 Å². The Kier molecular flexibility index (Phi) is 7.83. The molecule has 0 spiro atoms. The average molecular weight is 405 g/mol. The first-order chi connectivity index (χ1) is 13.0. The zero-order valence-corrected chi connectivity index (χ0v) is 15.9. The van der Waals surface area contributed by atoms with Crippen molar-refractivity contribution in [3.8, 4) is 5.75 Å². The molecule has 0 aromatic heterocycles.